The standard InChI is InChI=1S/C17H29N3O5/c1-16(2,3)20-10-11-12(13(21)24-7)19(9-8-18(11)14(20)22)15(23)25-17(4,5)6/h11-12H,8-10H2,1-7H3/t11-,12-/m0/s1. The minimum Gasteiger partial charge on any atom is -0.467 e. The molecular formula is C17H29N3O5. The van der Waals surface area contributed by atoms with Crippen LogP contribution >= 0.6 is 0 Å². The highest BCUT2D eigenvalue weighted by molar-refractivity contribution is 5.86. The van der Waals surface area contributed by atoms with Crippen molar-refractivity contribution in [1.82, 2.24) is 14.7 Å². The van der Waals surface area contributed by atoms with Crippen molar-refractivity contribution in [2.45, 2.75) is 64.8 Å². The molecule has 8 heteroatoms. The van der Waals surface area contributed by atoms with Crippen LogP contribution < -0.4 is 0 Å². The lowest BCUT2D eigenvalue weighted by Gasteiger charge is -2.42. The molecule has 0 spiro atoms. The molecule has 0 aromatic rings. The van der Waals surface area contributed by atoms with Crippen molar-refractivity contribution in [3.05, 3.63) is 0 Å². The van der Waals surface area contributed by atoms with E-state index in [0.29, 0.717) is 13.1 Å². The van der Waals surface area contributed by atoms with Crippen molar-refractivity contribution in [1.29, 1.82) is 0 Å². The van der Waals surface area contributed by atoms with Crippen molar-refractivity contribution in [2.24, 2.45) is 0 Å². The van der Waals surface area contributed by atoms with Crippen LogP contribution in [0.15, 0.2) is 0 Å². The van der Waals surface area contributed by atoms with Crippen molar-refractivity contribution in [3.63, 3.8) is 0 Å². The summed E-state index contributed by atoms with van der Waals surface area (Å²) in [5.41, 5.74) is -1.04. The number of carbonyl (C=O) groups is 3. The fraction of sp³-hybridized carbons (Fsp3) is 0.824. The maximum absolute atomic E-state index is 12.7. The lowest BCUT2D eigenvalue weighted by molar-refractivity contribution is -0.150. The first-order valence-corrected chi connectivity index (χ1v) is 8.52. The van der Waals surface area contributed by atoms with Crippen molar-refractivity contribution < 1.29 is 23.9 Å². The van der Waals surface area contributed by atoms with E-state index in [1.165, 1.54) is 12.0 Å². The molecular weight excluding hydrogens is 326 g/mol. The van der Waals surface area contributed by atoms with Crippen LogP contribution in [0.3, 0.4) is 0 Å². The number of ether oxygens (including phenoxy) is 2. The largest absolute Gasteiger partial charge is 0.467 e. The minimum absolute atomic E-state index is 0.116. The van der Waals surface area contributed by atoms with E-state index in [9.17, 15) is 14.4 Å². The van der Waals surface area contributed by atoms with Crippen LogP contribution in [0.1, 0.15) is 41.5 Å². The highest BCUT2D eigenvalue weighted by atomic mass is 16.6. The Morgan fingerprint density at radius 2 is 1.68 bits per heavy atom. The third-order valence-corrected chi connectivity index (χ3v) is 4.41. The smallest absolute Gasteiger partial charge is 0.411 e. The first kappa shape index (κ1) is 19.3. The van der Waals surface area contributed by atoms with Crippen LogP contribution in [0, 0.1) is 0 Å². The number of fused-ring (bicyclic) bond motifs is 1. The molecule has 2 fully saturated rings. The predicted octanol–water partition coefficient (Wildman–Crippen LogP) is 1.68. The van der Waals surface area contributed by atoms with E-state index < -0.39 is 29.7 Å². The molecule has 0 unspecified atom stereocenters. The summed E-state index contributed by atoms with van der Waals surface area (Å²) in [7, 11) is 1.28. The average Bonchev–Trinajstić information content (AvgIpc) is 2.81. The van der Waals surface area contributed by atoms with Gasteiger partial charge in [-0.05, 0) is 41.5 Å². The number of hydrogen-bond donors (Lipinski definition) is 0. The van der Waals surface area contributed by atoms with Crippen molar-refractivity contribution >= 4 is 18.1 Å². The van der Waals surface area contributed by atoms with Gasteiger partial charge in [-0.15, -0.1) is 0 Å². The topological polar surface area (TPSA) is 79.4 Å². The lowest BCUT2D eigenvalue weighted by Crippen LogP contribution is -2.63. The zero-order chi connectivity index (χ0) is 19.2. The van der Waals surface area contributed by atoms with E-state index in [-0.39, 0.29) is 18.1 Å². The molecule has 8 nitrogen and oxygen atoms in total. The monoisotopic (exact) mass is 355 g/mol. The Hall–Kier alpha value is -1.99. The molecule has 2 rings (SSSR count). The first-order valence-electron chi connectivity index (χ1n) is 8.52. The van der Waals surface area contributed by atoms with Gasteiger partial charge in [0.05, 0.1) is 13.2 Å². The second-order valence-electron chi connectivity index (χ2n) is 8.47. The number of urea groups is 1. The fourth-order valence-electron chi connectivity index (χ4n) is 3.25. The van der Waals surface area contributed by atoms with Gasteiger partial charge in [0.15, 0.2) is 6.04 Å². The molecule has 3 amide bonds. The Kier molecular flexibility index (Phi) is 4.94. The van der Waals surface area contributed by atoms with Crippen LogP contribution in [0.5, 0.6) is 0 Å². The van der Waals surface area contributed by atoms with E-state index in [2.05, 4.69) is 0 Å². The zero-order valence-electron chi connectivity index (χ0n) is 16.2. The number of amides is 3. The second-order valence-corrected chi connectivity index (χ2v) is 8.47. The minimum atomic E-state index is -0.870. The molecule has 2 atom stereocenters. The van der Waals surface area contributed by atoms with E-state index in [1.807, 2.05) is 20.8 Å². The molecule has 25 heavy (non-hydrogen) atoms. The number of nitrogens with zero attached hydrogens (tertiary/aromatic N) is 3. The van der Waals surface area contributed by atoms with E-state index in [4.69, 9.17) is 9.47 Å². The number of esters is 1. The lowest BCUT2D eigenvalue weighted by atomic mass is 10.0. The van der Waals surface area contributed by atoms with Gasteiger partial charge < -0.3 is 19.3 Å². The summed E-state index contributed by atoms with van der Waals surface area (Å²) in [6.45, 7) is 12.1. The van der Waals surface area contributed by atoms with E-state index >= 15 is 0 Å². The van der Waals surface area contributed by atoms with Crippen LogP contribution in [0.2, 0.25) is 0 Å². The number of rotatable bonds is 1. The highest BCUT2D eigenvalue weighted by Crippen LogP contribution is 2.31. The van der Waals surface area contributed by atoms with Gasteiger partial charge in [0.25, 0.3) is 0 Å². The SMILES string of the molecule is COC(=O)[C@@H]1[C@@H]2CN(C(C)(C)C)C(=O)N2CCN1C(=O)OC(C)(C)C. The molecule has 2 aliphatic heterocycles. The summed E-state index contributed by atoms with van der Waals surface area (Å²) in [5, 5.41) is 0. The summed E-state index contributed by atoms with van der Waals surface area (Å²) in [6, 6.07) is -1.43. The highest BCUT2D eigenvalue weighted by Gasteiger charge is 2.53. The number of methoxy groups -OCH3 is 1. The van der Waals surface area contributed by atoms with Crippen LogP contribution in [0.4, 0.5) is 9.59 Å². The van der Waals surface area contributed by atoms with Crippen LogP contribution in [-0.4, -0.2) is 82.8 Å². The van der Waals surface area contributed by atoms with Crippen molar-refractivity contribution in [2.75, 3.05) is 26.7 Å². The third kappa shape index (κ3) is 3.82. The van der Waals surface area contributed by atoms with Gasteiger partial charge in [-0.25, -0.2) is 14.4 Å². The Morgan fingerprint density at radius 3 is 2.16 bits per heavy atom. The zero-order valence-corrected chi connectivity index (χ0v) is 16.2. The molecule has 0 bridgehead atoms. The predicted molar refractivity (Wildman–Crippen MR) is 91.1 cm³/mol. The van der Waals surface area contributed by atoms with Gasteiger partial charge in [0.1, 0.15) is 5.60 Å². The summed E-state index contributed by atoms with van der Waals surface area (Å²) < 4.78 is 10.4. The van der Waals surface area contributed by atoms with E-state index in [1.54, 1.807) is 30.6 Å². The summed E-state index contributed by atoms with van der Waals surface area (Å²) in [5.74, 6) is -0.538. The molecule has 2 saturated heterocycles. The molecule has 142 valence electrons. The summed E-state index contributed by atoms with van der Waals surface area (Å²) >= 11 is 0. The van der Waals surface area contributed by atoms with Gasteiger partial charge in [0, 0.05) is 25.2 Å². The molecule has 0 N–H and O–H groups in total. The van der Waals surface area contributed by atoms with Gasteiger partial charge in [-0.2, -0.15) is 0 Å². The maximum Gasteiger partial charge on any atom is 0.411 e. The molecule has 0 aromatic carbocycles. The van der Waals surface area contributed by atoms with Gasteiger partial charge in [-0.1, -0.05) is 0 Å². The maximum atomic E-state index is 12.7. The Labute approximate surface area is 149 Å². The Bertz CT molecular complexity index is 564. The Balaban J connectivity index is 2.31. The normalized spacial score (nSPS) is 24.3. The summed E-state index contributed by atoms with van der Waals surface area (Å²) in [4.78, 5) is 42.5. The molecule has 0 aromatic heterocycles. The van der Waals surface area contributed by atoms with Gasteiger partial charge >= 0.3 is 18.1 Å². The number of piperazine rings is 1. The van der Waals surface area contributed by atoms with Crippen molar-refractivity contribution in [3.8, 4) is 0 Å². The molecule has 2 heterocycles. The third-order valence-electron chi connectivity index (χ3n) is 4.41. The molecule has 0 aliphatic carbocycles. The second kappa shape index (κ2) is 6.38. The molecule has 0 saturated carbocycles. The first-order chi connectivity index (χ1) is 11.4. The Morgan fingerprint density at radius 1 is 1.08 bits per heavy atom. The molecule has 2 aliphatic rings. The summed E-state index contributed by atoms with van der Waals surface area (Å²) in [6.07, 6.45) is -0.566. The van der Waals surface area contributed by atoms with Crippen LogP contribution in [0.25, 0.3) is 0 Å². The number of hydrogen-bond acceptors (Lipinski definition) is 5. The van der Waals surface area contributed by atoms with E-state index in [0.717, 1.165) is 0 Å². The van der Waals surface area contributed by atoms with Crippen LogP contribution in [-0.2, 0) is 14.3 Å². The average molecular weight is 355 g/mol. The molecule has 0 radical (unpaired) electrons. The van der Waals surface area contributed by atoms with Gasteiger partial charge in [-0.3, -0.25) is 4.90 Å². The quantitative estimate of drug-likeness (QED) is 0.669. The van der Waals surface area contributed by atoms with Gasteiger partial charge in [0.2, 0.25) is 0 Å². The fourth-order valence-corrected chi connectivity index (χ4v) is 3.25. The number of carbonyl (C=O) groups excluding carboxylic acids is 3.